The molecular weight excluding hydrogens is 420 g/mol. The number of hydrogen-bond donors (Lipinski definition) is 1. The summed E-state index contributed by atoms with van der Waals surface area (Å²) in [5, 5.41) is 0. The van der Waals surface area contributed by atoms with Gasteiger partial charge in [0.15, 0.2) is 0 Å². The largest absolute Gasteiger partial charge is 0.496 e. The van der Waals surface area contributed by atoms with Crippen LogP contribution in [0.15, 0.2) is 48.5 Å². The molecule has 0 saturated heterocycles. The predicted molar refractivity (Wildman–Crippen MR) is 119 cm³/mol. The molecular formula is C24H33F2NO5. The maximum atomic E-state index is 13.0. The fourth-order valence-corrected chi connectivity index (χ4v) is 2.26. The van der Waals surface area contributed by atoms with Crippen LogP contribution in [0.1, 0.15) is 46.6 Å². The first-order valence-electron chi connectivity index (χ1n) is 10.1. The Bertz CT molecular complexity index is 823. The maximum Gasteiger partial charge on any atom is 0.405 e. The van der Waals surface area contributed by atoms with Gasteiger partial charge in [0.1, 0.15) is 29.1 Å². The summed E-state index contributed by atoms with van der Waals surface area (Å²) in [6.45, 7) is 8.83. The van der Waals surface area contributed by atoms with Crippen molar-refractivity contribution in [3.63, 3.8) is 0 Å². The molecule has 0 aliphatic carbocycles. The average Bonchev–Trinajstić information content (AvgIpc) is 2.68. The Kier molecular flexibility index (Phi) is 13.3. The zero-order valence-electron chi connectivity index (χ0n) is 19.5. The van der Waals surface area contributed by atoms with Crippen LogP contribution in [0.5, 0.6) is 5.75 Å². The van der Waals surface area contributed by atoms with Gasteiger partial charge in [-0.1, -0.05) is 31.2 Å². The molecule has 6 nitrogen and oxygen atoms in total. The molecule has 1 amide bonds. The Morgan fingerprint density at radius 1 is 1.03 bits per heavy atom. The highest BCUT2D eigenvalue weighted by molar-refractivity contribution is 5.69. The predicted octanol–water partition coefficient (Wildman–Crippen LogP) is 5.42. The quantitative estimate of drug-likeness (QED) is 0.611. The number of hydrogen-bond acceptors (Lipinski definition) is 5. The maximum absolute atomic E-state index is 13.0. The lowest BCUT2D eigenvalue weighted by Crippen LogP contribution is -2.27. The van der Waals surface area contributed by atoms with Gasteiger partial charge >= 0.3 is 12.1 Å². The first kappa shape index (κ1) is 28.8. The molecule has 0 aliphatic heterocycles. The van der Waals surface area contributed by atoms with E-state index in [9.17, 15) is 18.4 Å². The van der Waals surface area contributed by atoms with E-state index in [1.165, 1.54) is 31.4 Å². The second-order valence-electron chi connectivity index (χ2n) is 7.64. The van der Waals surface area contributed by atoms with Gasteiger partial charge in [0.05, 0.1) is 7.11 Å². The third-order valence-electron chi connectivity index (χ3n) is 3.52. The molecule has 2 aromatic rings. The topological polar surface area (TPSA) is 87.9 Å². The molecule has 2 aromatic carbocycles. The van der Waals surface area contributed by atoms with Crippen LogP contribution in [0.4, 0.5) is 13.6 Å². The smallest absolute Gasteiger partial charge is 0.405 e. The highest BCUT2D eigenvalue weighted by atomic mass is 19.1. The Morgan fingerprint density at radius 3 is 2.00 bits per heavy atom. The SMILES string of the molecule is CC(C)(C)OC(N)=O.CCC(=O)OC(C)Cc1ccc(F)cc1OC.Fc1ccccc1. The number of nitrogens with two attached hydrogens (primary N) is 1. The Balaban J connectivity index is 0.000000529. The summed E-state index contributed by atoms with van der Waals surface area (Å²) in [6, 6.07) is 12.3. The van der Waals surface area contributed by atoms with E-state index in [2.05, 4.69) is 4.74 Å². The van der Waals surface area contributed by atoms with Crippen molar-refractivity contribution in [1.82, 2.24) is 0 Å². The minimum atomic E-state index is -0.725. The van der Waals surface area contributed by atoms with Crippen LogP contribution < -0.4 is 10.5 Å². The molecule has 32 heavy (non-hydrogen) atoms. The fourth-order valence-electron chi connectivity index (χ4n) is 2.26. The Morgan fingerprint density at radius 2 is 1.62 bits per heavy atom. The summed E-state index contributed by atoms with van der Waals surface area (Å²) >= 11 is 0. The molecule has 0 heterocycles. The van der Waals surface area contributed by atoms with Gasteiger partial charge in [0.2, 0.25) is 0 Å². The van der Waals surface area contributed by atoms with Gasteiger partial charge in [-0.25, -0.2) is 13.6 Å². The number of esters is 1. The van der Waals surface area contributed by atoms with E-state index in [0.29, 0.717) is 18.6 Å². The summed E-state index contributed by atoms with van der Waals surface area (Å²) in [4.78, 5) is 21.1. The Hall–Kier alpha value is -3.16. The number of primary amides is 1. The van der Waals surface area contributed by atoms with Crippen molar-refractivity contribution in [3.05, 3.63) is 65.7 Å². The highest BCUT2D eigenvalue weighted by Gasteiger charge is 2.13. The molecule has 0 fully saturated rings. The second kappa shape index (κ2) is 14.8. The zero-order chi connectivity index (χ0) is 24.7. The molecule has 0 bridgehead atoms. The van der Waals surface area contributed by atoms with Gasteiger partial charge in [-0.15, -0.1) is 0 Å². The van der Waals surface area contributed by atoms with E-state index in [-0.39, 0.29) is 23.7 Å². The molecule has 1 unspecified atom stereocenters. The normalized spacial score (nSPS) is 11.0. The molecule has 0 aromatic heterocycles. The number of halogens is 2. The lowest BCUT2D eigenvalue weighted by molar-refractivity contribution is -0.147. The lowest BCUT2D eigenvalue weighted by Gasteiger charge is -2.16. The Labute approximate surface area is 188 Å². The van der Waals surface area contributed by atoms with Crippen molar-refractivity contribution in [3.8, 4) is 5.75 Å². The van der Waals surface area contributed by atoms with E-state index in [1.54, 1.807) is 58.9 Å². The van der Waals surface area contributed by atoms with Crippen LogP contribution in [0.3, 0.4) is 0 Å². The van der Waals surface area contributed by atoms with Crippen molar-refractivity contribution in [1.29, 1.82) is 0 Å². The number of benzene rings is 2. The minimum Gasteiger partial charge on any atom is -0.496 e. The molecule has 1 atom stereocenters. The summed E-state index contributed by atoms with van der Waals surface area (Å²) in [5.74, 6) is -0.283. The van der Waals surface area contributed by atoms with Crippen LogP contribution >= 0.6 is 0 Å². The van der Waals surface area contributed by atoms with E-state index < -0.39 is 11.7 Å². The average molecular weight is 454 g/mol. The number of methoxy groups -OCH3 is 1. The molecule has 0 saturated carbocycles. The first-order valence-corrected chi connectivity index (χ1v) is 10.1. The van der Waals surface area contributed by atoms with E-state index in [1.807, 2.05) is 0 Å². The van der Waals surface area contributed by atoms with Crippen molar-refractivity contribution in [2.45, 2.75) is 59.2 Å². The number of amides is 1. The number of carbonyl (C=O) groups is 2. The first-order chi connectivity index (χ1) is 14.9. The third kappa shape index (κ3) is 14.8. The summed E-state index contributed by atoms with van der Waals surface area (Å²) in [5.41, 5.74) is 5.09. The van der Waals surface area contributed by atoms with Crippen LogP contribution in [-0.4, -0.2) is 30.9 Å². The fraction of sp³-hybridized carbons (Fsp3) is 0.417. The van der Waals surface area contributed by atoms with E-state index in [0.717, 1.165) is 5.56 Å². The van der Waals surface area contributed by atoms with Crippen molar-refractivity contribution < 1.29 is 32.6 Å². The van der Waals surface area contributed by atoms with Crippen molar-refractivity contribution in [2.75, 3.05) is 7.11 Å². The number of carbonyl (C=O) groups excluding carboxylic acids is 2. The molecule has 2 rings (SSSR count). The summed E-state index contributed by atoms with van der Waals surface area (Å²) in [7, 11) is 1.49. The molecule has 178 valence electrons. The molecule has 0 radical (unpaired) electrons. The standard InChI is InChI=1S/C13H17FO3.C6H5F.C5H11NO2/c1-4-13(15)17-9(2)7-10-5-6-11(14)8-12(10)16-3;7-6-4-2-1-3-5-6;1-5(2,3)8-4(6)7/h5-6,8-9H,4,7H2,1-3H3;1-5H;1-3H3,(H2,6,7). The summed E-state index contributed by atoms with van der Waals surface area (Å²) in [6.07, 6.45) is -0.112. The molecule has 0 aliphatic rings. The number of ether oxygens (including phenoxy) is 3. The van der Waals surface area contributed by atoms with Crippen molar-refractivity contribution in [2.24, 2.45) is 5.73 Å². The van der Waals surface area contributed by atoms with Gasteiger partial charge in [0, 0.05) is 18.9 Å². The van der Waals surface area contributed by atoms with Gasteiger partial charge in [-0.05, 0) is 51.5 Å². The van der Waals surface area contributed by atoms with Crippen molar-refractivity contribution >= 4 is 12.1 Å². The van der Waals surface area contributed by atoms with Gasteiger partial charge in [0.25, 0.3) is 0 Å². The van der Waals surface area contributed by atoms with Gasteiger partial charge < -0.3 is 19.9 Å². The van der Waals surface area contributed by atoms with Gasteiger partial charge in [-0.2, -0.15) is 0 Å². The van der Waals surface area contributed by atoms with E-state index in [4.69, 9.17) is 15.2 Å². The second-order valence-corrected chi connectivity index (χ2v) is 7.64. The minimum absolute atomic E-state index is 0.178. The van der Waals surface area contributed by atoms with E-state index >= 15 is 0 Å². The van der Waals surface area contributed by atoms with Crippen LogP contribution in [0.25, 0.3) is 0 Å². The molecule has 2 N–H and O–H groups in total. The highest BCUT2D eigenvalue weighted by Crippen LogP contribution is 2.21. The zero-order valence-corrected chi connectivity index (χ0v) is 19.5. The van der Waals surface area contributed by atoms with Crippen LogP contribution in [0, 0.1) is 11.6 Å². The molecule has 0 spiro atoms. The third-order valence-corrected chi connectivity index (χ3v) is 3.52. The lowest BCUT2D eigenvalue weighted by atomic mass is 10.1. The van der Waals surface area contributed by atoms with Crippen LogP contribution in [-0.2, 0) is 20.7 Å². The van der Waals surface area contributed by atoms with Crippen LogP contribution in [0.2, 0.25) is 0 Å². The summed E-state index contributed by atoms with van der Waals surface area (Å²) < 4.78 is 39.7. The monoisotopic (exact) mass is 453 g/mol. The molecule has 8 heteroatoms. The number of rotatable bonds is 5. The van der Waals surface area contributed by atoms with Gasteiger partial charge in [-0.3, -0.25) is 4.79 Å².